The van der Waals surface area contributed by atoms with Gasteiger partial charge >= 0.3 is 11.5 Å². The molecule has 1 N–H and O–H groups in total. The number of hydrogen-bond donors (Lipinski definition) is 1. The molecule has 0 saturated heterocycles. The Morgan fingerprint density at radius 3 is 2.11 bits per heavy atom. The number of halogens is 3. The number of carbonyl (C=O) groups is 1. The molecule has 0 spiro atoms. The summed E-state index contributed by atoms with van der Waals surface area (Å²) in [6, 6.07) is 0. The van der Waals surface area contributed by atoms with Crippen molar-refractivity contribution >= 4 is 17.7 Å². The summed E-state index contributed by atoms with van der Waals surface area (Å²) in [7, 11) is 0. The van der Waals surface area contributed by atoms with Crippen LogP contribution < -0.4 is 0 Å². The Hall–Kier alpha value is -0.390. The maximum absolute atomic E-state index is 12.1. The lowest BCUT2D eigenvalue weighted by Gasteiger charge is -2.40. The predicted octanol–water partition coefficient (Wildman–Crippen LogP) is 4.30. The Morgan fingerprint density at radius 2 is 1.72 bits per heavy atom. The Bertz CT molecular complexity index is 303. The van der Waals surface area contributed by atoms with Gasteiger partial charge in [-0.3, -0.25) is 4.79 Å². The highest BCUT2D eigenvalue weighted by atomic mass is 32.2. The Labute approximate surface area is 109 Å². The predicted molar refractivity (Wildman–Crippen MR) is 65.4 cm³/mol. The van der Waals surface area contributed by atoms with Gasteiger partial charge in [-0.05, 0) is 37.5 Å². The van der Waals surface area contributed by atoms with E-state index in [1.807, 2.05) is 0 Å². The van der Waals surface area contributed by atoms with Gasteiger partial charge in [0.15, 0.2) is 0 Å². The number of rotatable bonds is 4. The molecule has 0 heterocycles. The van der Waals surface area contributed by atoms with Gasteiger partial charge in [0, 0.05) is 5.75 Å². The molecule has 1 saturated carbocycles. The molecule has 106 valence electrons. The zero-order chi connectivity index (χ0) is 14.0. The van der Waals surface area contributed by atoms with Gasteiger partial charge < -0.3 is 5.11 Å². The van der Waals surface area contributed by atoms with E-state index in [1.54, 1.807) is 0 Å². The fourth-order valence-corrected chi connectivity index (χ4v) is 3.06. The first-order valence-corrected chi connectivity index (χ1v) is 6.99. The van der Waals surface area contributed by atoms with Crippen molar-refractivity contribution in [3.05, 3.63) is 0 Å². The highest BCUT2D eigenvalue weighted by molar-refractivity contribution is 8.00. The molecular formula is C12H19F3O2S. The number of hydrogen-bond acceptors (Lipinski definition) is 2. The van der Waals surface area contributed by atoms with Crippen molar-refractivity contribution in [2.45, 2.75) is 51.5 Å². The van der Waals surface area contributed by atoms with Crippen molar-refractivity contribution in [3.8, 4) is 0 Å². The molecule has 0 radical (unpaired) electrons. The summed E-state index contributed by atoms with van der Waals surface area (Å²) in [4.78, 5) is 11.4. The molecule has 1 fully saturated rings. The monoisotopic (exact) mass is 284 g/mol. The summed E-state index contributed by atoms with van der Waals surface area (Å²) in [5.41, 5.74) is -5.11. The second-order valence-electron chi connectivity index (χ2n) is 5.79. The van der Waals surface area contributed by atoms with E-state index < -0.39 is 16.9 Å². The van der Waals surface area contributed by atoms with Crippen molar-refractivity contribution in [2.75, 3.05) is 5.75 Å². The van der Waals surface area contributed by atoms with Crippen LogP contribution in [0.2, 0.25) is 0 Å². The average molecular weight is 284 g/mol. The van der Waals surface area contributed by atoms with Crippen LogP contribution in [0.4, 0.5) is 13.2 Å². The molecule has 0 amide bonds. The van der Waals surface area contributed by atoms with Gasteiger partial charge in [0.1, 0.15) is 0 Å². The number of carboxylic acid groups (broad SMARTS) is 1. The smallest absolute Gasteiger partial charge is 0.441 e. The first-order valence-electron chi connectivity index (χ1n) is 6.01. The maximum atomic E-state index is 12.1. The lowest BCUT2D eigenvalue weighted by Crippen LogP contribution is -2.38. The number of aliphatic carboxylic acids is 1. The minimum atomic E-state index is -4.27. The van der Waals surface area contributed by atoms with Crippen molar-refractivity contribution in [2.24, 2.45) is 10.8 Å². The van der Waals surface area contributed by atoms with Crippen LogP contribution in [0.15, 0.2) is 0 Å². The third-order valence-electron chi connectivity index (χ3n) is 3.86. The van der Waals surface area contributed by atoms with Crippen LogP contribution >= 0.6 is 11.8 Å². The quantitative estimate of drug-likeness (QED) is 0.836. The Kier molecular flexibility index (Phi) is 4.62. The SMILES string of the molecule is CC1(C)CCC(CCSC(F)(F)F)(C(=O)O)CC1. The van der Waals surface area contributed by atoms with Gasteiger partial charge in [0.25, 0.3) is 0 Å². The molecule has 0 aromatic heterocycles. The van der Waals surface area contributed by atoms with Crippen LogP contribution in [0.1, 0.15) is 46.0 Å². The van der Waals surface area contributed by atoms with Gasteiger partial charge in [-0.2, -0.15) is 13.2 Å². The molecule has 18 heavy (non-hydrogen) atoms. The zero-order valence-electron chi connectivity index (χ0n) is 10.6. The molecule has 1 aliphatic carbocycles. The number of alkyl halides is 3. The van der Waals surface area contributed by atoms with Gasteiger partial charge in [0.2, 0.25) is 0 Å². The van der Waals surface area contributed by atoms with Crippen molar-refractivity contribution in [3.63, 3.8) is 0 Å². The van der Waals surface area contributed by atoms with Gasteiger partial charge in [0.05, 0.1) is 5.41 Å². The topological polar surface area (TPSA) is 37.3 Å². The first-order chi connectivity index (χ1) is 8.06. The van der Waals surface area contributed by atoms with Gasteiger partial charge in [-0.1, -0.05) is 25.6 Å². The van der Waals surface area contributed by atoms with E-state index in [-0.39, 0.29) is 29.4 Å². The average Bonchev–Trinajstić information content (AvgIpc) is 2.19. The van der Waals surface area contributed by atoms with E-state index in [2.05, 4.69) is 13.8 Å². The maximum Gasteiger partial charge on any atom is 0.441 e. The Morgan fingerprint density at radius 1 is 1.22 bits per heavy atom. The van der Waals surface area contributed by atoms with Crippen molar-refractivity contribution < 1.29 is 23.1 Å². The van der Waals surface area contributed by atoms with Crippen LogP contribution in [0.5, 0.6) is 0 Å². The van der Waals surface area contributed by atoms with E-state index in [0.29, 0.717) is 12.8 Å². The summed E-state index contributed by atoms with van der Waals surface area (Å²) in [6.07, 6.45) is 2.58. The minimum Gasteiger partial charge on any atom is -0.481 e. The minimum absolute atomic E-state index is 0.0998. The number of carboxylic acids is 1. The molecule has 1 rings (SSSR count). The van der Waals surface area contributed by atoms with Crippen LogP contribution in [0.3, 0.4) is 0 Å². The fraction of sp³-hybridized carbons (Fsp3) is 0.917. The van der Waals surface area contributed by atoms with E-state index >= 15 is 0 Å². The molecular weight excluding hydrogens is 265 g/mol. The molecule has 2 nitrogen and oxygen atoms in total. The van der Waals surface area contributed by atoms with Gasteiger partial charge in [-0.25, -0.2) is 0 Å². The fourth-order valence-electron chi connectivity index (χ4n) is 2.34. The van der Waals surface area contributed by atoms with Crippen LogP contribution in [-0.4, -0.2) is 22.3 Å². The van der Waals surface area contributed by atoms with Gasteiger partial charge in [-0.15, -0.1) is 0 Å². The lowest BCUT2D eigenvalue weighted by atomic mass is 9.64. The van der Waals surface area contributed by atoms with Crippen molar-refractivity contribution in [1.29, 1.82) is 0 Å². The second-order valence-corrected chi connectivity index (χ2v) is 6.95. The van der Waals surface area contributed by atoms with E-state index in [4.69, 9.17) is 0 Å². The van der Waals surface area contributed by atoms with Crippen molar-refractivity contribution in [1.82, 2.24) is 0 Å². The molecule has 6 heteroatoms. The zero-order valence-corrected chi connectivity index (χ0v) is 11.5. The van der Waals surface area contributed by atoms with E-state index in [9.17, 15) is 23.1 Å². The Balaban J connectivity index is 2.58. The summed E-state index contributed by atoms with van der Waals surface area (Å²) < 4.78 is 36.2. The molecule has 0 aromatic carbocycles. The lowest BCUT2D eigenvalue weighted by molar-refractivity contribution is -0.152. The standard InChI is InChI=1S/C12H19F3O2S/c1-10(2)3-5-11(6-4-10,9(16)17)7-8-18-12(13,14)15/h3-8H2,1-2H3,(H,16,17). The molecule has 0 atom stereocenters. The number of thioether (sulfide) groups is 1. The highest BCUT2D eigenvalue weighted by Gasteiger charge is 2.44. The molecule has 0 bridgehead atoms. The normalized spacial score (nSPS) is 22.7. The highest BCUT2D eigenvalue weighted by Crippen LogP contribution is 2.48. The summed E-state index contributed by atoms with van der Waals surface area (Å²) in [5, 5.41) is 9.30. The molecule has 0 unspecified atom stereocenters. The largest absolute Gasteiger partial charge is 0.481 e. The van der Waals surface area contributed by atoms with E-state index in [0.717, 1.165) is 12.8 Å². The van der Waals surface area contributed by atoms with Crippen LogP contribution in [-0.2, 0) is 4.79 Å². The summed E-state index contributed by atoms with van der Waals surface area (Å²) in [5.74, 6) is -1.11. The summed E-state index contributed by atoms with van der Waals surface area (Å²) in [6.45, 7) is 4.15. The second kappa shape index (κ2) is 5.31. The molecule has 1 aliphatic rings. The third kappa shape index (κ3) is 4.37. The molecule has 0 aliphatic heterocycles. The van der Waals surface area contributed by atoms with Crippen LogP contribution in [0.25, 0.3) is 0 Å². The third-order valence-corrected chi connectivity index (χ3v) is 4.60. The summed E-state index contributed by atoms with van der Waals surface area (Å²) >= 11 is -0.120. The van der Waals surface area contributed by atoms with E-state index in [1.165, 1.54) is 0 Å². The molecule has 0 aromatic rings. The first kappa shape index (κ1) is 15.7. The van der Waals surface area contributed by atoms with Crippen LogP contribution in [0, 0.1) is 10.8 Å².